The van der Waals surface area contributed by atoms with E-state index < -0.39 is 10.0 Å². The Morgan fingerprint density at radius 2 is 2.04 bits per heavy atom. The van der Waals surface area contributed by atoms with E-state index in [0.29, 0.717) is 36.0 Å². The van der Waals surface area contributed by atoms with E-state index in [1.54, 1.807) is 37.0 Å². The summed E-state index contributed by atoms with van der Waals surface area (Å²) < 4.78 is 36.9. The van der Waals surface area contributed by atoms with Gasteiger partial charge in [-0.1, -0.05) is 0 Å². The molecule has 0 N–H and O–H groups in total. The number of ether oxygens (including phenoxy) is 1. The first-order valence-corrected chi connectivity index (χ1v) is 10.7. The van der Waals surface area contributed by atoms with Crippen molar-refractivity contribution in [3.8, 4) is 0 Å². The molecule has 0 aliphatic carbocycles. The first-order chi connectivity index (χ1) is 12.8. The maximum atomic E-state index is 13.1. The monoisotopic (exact) mass is 395 g/mol. The SMILES string of the molecule is COCCn1c(C)cnc1CC1CCN(S(=O)(=O)c2c(C)nn(C)c2C)C1. The Morgan fingerprint density at radius 3 is 2.67 bits per heavy atom. The lowest BCUT2D eigenvalue weighted by atomic mass is 10.0. The molecule has 1 aliphatic heterocycles. The second kappa shape index (κ2) is 7.73. The lowest BCUT2D eigenvalue weighted by molar-refractivity contribution is 0.185. The molecule has 0 saturated carbocycles. The van der Waals surface area contributed by atoms with Crippen LogP contribution < -0.4 is 0 Å². The van der Waals surface area contributed by atoms with E-state index in [0.717, 1.165) is 30.9 Å². The van der Waals surface area contributed by atoms with Crippen molar-refractivity contribution < 1.29 is 13.2 Å². The number of hydrogen-bond donors (Lipinski definition) is 0. The molecule has 150 valence electrons. The number of hydrogen-bond acceptors (Lipinski definition) is 5. The van der Waals surface area contributed by atoms with Crippen molar-refractivity contribution in [2.45, 2.75) is 45.1 Å². The highest BCUT2D eigenvalue weighted by Gasteiger charge is 2.36. The van der Waals surface area contributed by atoms with Gasteiger partial charge in [-0.25, -0.2) is 13.4 Å². The van der Waals surface area contributed by atoms with E-state index in [4.69, 9.17) is 4.74 Å². The molecule has 3 heterocycles. The molecule has 0 spiro atoms. The van der Waals surface area contributed by atoms with E-state index in [2.05, 4.69) is 14.6 Å². The molecule has 1 saturated heterocycles. The van der Waals surface area contributed by atoms with Crippen LogP contribution >= 0.6 is 0 Å². The van der Waals surface area contributed by atoms with Gasteiger partial charge in [0.25, 0.3) is 0 Å². The van der Waals surface area contributed by atoms with Gasteiger partial charge >= 0.3 is 0 Å². The van der Waals surface area contributed by atoms with Crippen LogP contribution in [0.4, 0.5) is 0 Å². The van der Waals surface area contributed by atoms with Gasteiger partial charge in [-0.2, -0.15) is 9.40 Å². The van der Waals surface area contributed by atoms with Crippen LogP contribution in [-0.2, 0) is 34.8 Å². The Bertz CT molecular complexity index is 916. The Kier molecular flexibility index (Phi) is 5.73. The van der Waals surface area contributed by atoms with E-state index in [-0.39, 0.29) is 5.92 Å². The zero-order valence-electron chi connectivity index (χ0n) is 16.8. The van der Waals surface area contributed by atoms with Gasteiger partial charge < -0.3 is 9.30 Å². The van der Waals surface area contributed by atoms with Crippen LogP contribution in [0.2, 0.25) is 0 Å². The molecule has 1 aliphatic rings. The molecule has 0 amide bonds. The van der Waals surface area contributed by atoms with E-state index in [9.17, 15) is 8.42 Å². The maximum absolute atomic E-state index is 13.1. The Labute approximate surface area is 161 Å². The normalized spacial score (nSPS) is 18.5. The highest BCUT2D eigenvalue weighted by atomic mass is 32.2. The molecule has 0 bridgehead atoms. The summed E-state index contributed by atoms with van der Waals surface area (Å²) in [6.45, 7) is 8.05. The molecule has 8 nitrogen and oxygen atoms in total. The quantitative estimate of drug-likeness (QED) is 0.709. The smallest absolute Gasteiger partial charge is 0.246 e. The molecule has 2 aromatic heterocycles. The molecule has 0 aromatic carbocycles. The van der Waals surface area contributed by atoms with Crippen molar-refractivity contribution in [1.29, 1.82) is 0 Å². The summed E-state index contributed by atoms with van der Waals surface area (Å²) in [6, 6.07) is 0. The van der Waals surface area contributed by atoms with E-state index in [1.807, 2.05) is 13.1 Å². The number of methoxy groups -OCH3 is 1. The summed E-state index contributed by atoms with van der Waals surface area (Å²) in [7, 11) is -0.0580. The van der Waals surface area contributed by atoms with Gasteiger partial charge in [0.15, 0.2) is 0 Å². The largest absolute Gasteiger partial charge is 0.383 e. The molecule has 1 fully saturated rings. The van der Waals surface area contributed by atoms with Crippen molar-refractivity contribution in [3.63, 3.8) is 0 Å². The number of sulfonamides is 1. The van der Waals surface area contributed by atoms with Gasteiger partial charge in [-0.3, -0.25) is 4.68 Å². The number of aromatic nitrogens is 4. The van der Waals surface area contributed by atoms with Crippen molar-refractivity contribution in [1.82, 2.24) is 23.6 Å². The second-order valence-electron chi connectivity index (χ2n) is 7.31. The van der Waals surface area contributed by atoms with Gasteiger partial charge in [0.1, 0.15) is 10.7 Å². The second-order valence-corrected chi connectivity index (χ2v) is 9.18. The Morgan fingerprint density at radius 1 is 1.30 bits per heavy atom. The van der Waals surface area contributed by atoms with Gasteiger partial charge in [0.2, 0.25) is 10.0 Å². The van der Waals surface area contributed by atoms with Gasteiger partial charge in [0.05, 0.1) is 18.0 Å². The third-order valence-electron chi connectivity index (χ3n) is 5.42. The Hall–Kier alpha value is -1.71. The minimum Gasteiger partial charge on any atom is -0.383 e. The molecular weight excluding hydrogens is 366 g/mol. The molecule has 27 heavy (non-hydrogen) atoms. The molecule has 3 rings (SSSR count). The summed E-state index contributed by atoms with van der Waals surface area (Å²) in [5.74, 6) is 1.27. The topological polar surface area (TPSA) is 82.2 Å². The standard InChI is InChI=1S/C18H29N5O3S/c1-13-11-19-17(23(13)8-9-26-5)10-16-6-7-22(12-16)27(24,25)18-14(2)20-21(4)15(18)3/h11,16H,6-10,12H2,1-5H3. The lowest BCUT2D eigenvalue weighted by Crippen LogP contribution is -2.30. The molecule has 1 unspecified atom stereocenters. The summed E-state index contributed by atoms with van der Waals surface area (Å²) in [6.07, 6.45) is 3.49. The number of rotatable bonds is 7. The maximum Gasteiger partial charge on any atom is 0.246 e. The molecule has 1 atom stereocenters. The number of nitrogens with zero attached hydrogens (tertiary/aromatic N) is 5. The molecular formula is C18H29N5O3S. The van der Waals surface area contributed by atoms with Crippen molar-refractivity contribution in [2.75, 3.05) is 26.8 Å². The first kappa shape index (κ1) is 20.0. The molecule has 2 aromatic rings. The predicted octanol–water partition coefficient (Wildman–Crippen LogP) is 1.44. The third-order valence-corrected chi connectivity index (χ3v) is 7.54. The van der Waals surface area contributed by atoms with Crippen molar-refractivity contribution in [2.24, 2.45) is 13.0 Å². The Balaban J connectivity index is 1.74. The lowest BCUT2D eigenvalue weighted by Gasteiger charge is -2.17. The average molecular weight is 396 g/mol. The van der Waals surface area contributed by atoms with Gasteiger partial charge in [-0.15, -0.1) is 0 Å². The summed E-state index contributed by atoms with van der Waals surface area (Å²) in [4.78, 5) is 4.89. The average Bonchev–Trinajstić information content (AvgIpc) is 3.27. The zero-order chi connectivity index (χ0) is 19.8. The van der Waals surface area contributed by atoms with Crippen LogP contribution in [0.5, 0.6) is 0 Å². The van der Waals surface area contributed by atoms with Crippen LogP contribution in [0.1, 0.15) is 29.3 Å². The fourth-order valence-corrected chi connectivity index (χ4v) is 5.79. The van der Waals surface area contributed by atoms with Gasteiger partial charge in [-0.05, 0) is 33.1 Å². The third kappa shape index (κ3) is 3.81. The molecule has 0 radical (unpaired) electrons. The van der Waals surface area contributed by atoms with Crippen molar-refractivity contribution >= 4 is 10.0 Å². The molecule has 9 heteroatoms. The van der Waals surface area contributed by atoms with E-state index >= 15 is 0 Å². The minimum absolute atomic E-state index is 0.264. The first-order valence-electron chi connectivity index (χ1n) is 9.26. The van der Waals surface area contributed by atoms with Crippen LogP contribution in [0.15, 0.2) is 11.1 Å². The van der Waals surface area contributed by atoms with Crippen LogP contribution in [0.3, 0.4) is 0 Å². The summed E-state index contributed by atoms with van der Waals surface area (Å²) >= 11 is 0. The highest BCUT2D eigenvalue weighted by molar-refractivity contribution is 7.89. The van der Waals surface area contributed by atoms with Crippen molar-refractivity contribution in [3.05, 3.63) is 29.1 Å². The summed E-state index contributed by atoms with van der Waals surface area (Å²) in [5, 5.41) is 4.26. The van der Waals surface area contributed by atoms with Gasteiger partial charge in [0, 0.05) is 52.1 Å². The highest BCUT2D eigenvalue weighted by Crippen LogP contribution is 2.29. The van der Waals surface area contributed by atoms with E-state index in [1.165, 1.54) is 0 Å². The number of imidazole rings is 1. The summed E-state index contributed by atoms with van der Waals surface area (Å²) in [5.41, 5.74) is 2.34. The van der Waals surface area contributed by atoms with Crippen LogP contribution in [0.25, 0.3) is 0 Å². The fraction of sp³-hybridized carbons (Fsp3) is 0.667. The zero-order valence-corrected chi connectivity index (χ0v) is 17.6. The fourth-order valence-electron chi connectivity index (χ4n) is 3.86. The predicted molar refractivity (Wildman–Crippen MR) is 102 cm³/mol. The minimum atomic E-state index is -3.52. The van der Waals surface area contributed by atoms with Crippen LogP contribution in [-0.4, -0.2) is 58.9 Å². The van der Waals surface area contributed by atoms with Crippen LogP contribution in [0, 0.1) is 26.7 Å². The number of aryl methyl sites for hydroxylation is 3.